The summed E-state index contributed by atoms with van der Waals surface area (Å²) in [5.41, 5.74) is 5.67. The Hall–Kier alpha value is -1.90. The fourth-order valence-electron chi connectivity index (χ4n) is 4.50. The summed E-state index contributed by atoms with van der Waals surface area (Å²) in [6, 6.07) is 17.7. The number of hydrogen-bond acceptors (Lipinski definition) is 2. The van der Waals surface area contributed by atoms with Crippen molar-refractivity contribution in [1.82, 2.24) is 0 Å². The van der Waals surface area contributed by atoms with Crippen LogP contribution in [0.25, 0.3) is 11.1 Å². The molecule has 1 atom stereocenters. The van der Waals surface area contributed by atoms with Crippen molar-refractivity contribution in [1.29, 1.82) is 0 Å². The summed E-state index contributed by atoms with van der Waals surface area (Å²) < 4.78 is 12.1. The van der Waals surface area contributed by atoms with Gasteiger partial charge < -0.3 is 9.47 Å². The van der Waals surface area contributed by atoms with Crippen LogP contribution in [0.15, 0.2) is 61.2 Å². The van der Waals surface area contributed by atoms with Crippen LogP contribution in [0.1, 0.15) is 43.7 Å². The van der Waals surface area contributed by atoms with Crippen molar-refractivity contribution in [3.05, 3.63) is 72.3 Å². The lowest BCUT2D eigenvalue weighted by Gasteiger charge is -2.45. The van der Waals surface area contributed by atoms with E-state index in [4.69, 9.17) is 9.47 Å². The van der Waals surface area contributed by atoms with Crippen molar-refractivity contribution in [2.75, 3.05) is 13.2 Å². The normalized spacial score (nSPS) is 22.9. The molecule has 2 aromatic carbocycles. The molecular formula is C24H28O2. The second kappa shape index (κ2) is 6.68. The first-order valence-electron chi connectivity index (χ1n) is 9.58. The van der Waals surface area contributed by atoms with E-state index in [1.54, 1.807) is 0 Å². The van der Waals surface area contributed by atoms with Gasteiger partial charge in [-0.15, -0.1) is 6.58 Å². The maximum absolute atomic E-state index is 6.06. The third kappa shape index (κ3) is 3.24. The highest BCUT2D eigenvalue weighted by atomic mass is 16.7. The Morgan fingerprint density at radius 1 is 1.00 bits per heavy atom. The van der Waals surface area contributed by atoms with E-state index in [1.807, 2.05) is 19.9 Å². The van der Waals surface area contributed by atoms with Gasteiger partial charge in [-0.25, -0.2) is 0 Å². The van der Waals surface area contributed by atoms with Gasteiger partial charge in [-0.05, 0) is 61.3 Å². The van der Waals surface area contributed by atoms with Crippen LogP contribution < -0.4 is 0 Å². The van der Waals surface area contributed by atoms with Gasteiger partial charge in [0.2, 0.25) is 0 Å². The summed E-state index contributed by atoms with van der Waals surface area (Å²) in [6.07, 6.45) is 5.08. The highest BCUT2D eigenvalue weighted by molar-refractivity contribution is 5.73. The van der Waals surface area contributed by atoms with Crippen molar-refractivity contribution >= 4 is 0 Å². The third-order valence-electron chi connectivity index (χ3n) is 5.88. The lowest BCUT2D eigenvalue weighted by Crippen LogP contribution is -2.47. The minimum Gasteiger partial charge on any atom is -0.350 e. The molecule has 2 aliphatic rings. The molecule has 0 aromatic heterocycles. The van der Waals surface area contributed by atoms with Crippen LogP contribution in [-0.2, 0) is 15.9 Å². The van der Waals surface area contributed by atoms with E-state index in [1.165, 1.54) is 22.3 Å². The second-order valence-electron chi connectivity index (χ2n) is 8.32. The van der Waals surface area contributed by atoms with E-state index in [9.17, 15) is 0 Å². The van der Waals surface area contributed by atoms with Gasteiger partial charge in [0.15, 0.2) is 5.79 Å². The standard InChI is InChI=1S/C24H28O2/c1-4-13-24(16-25-23(2,3)26-17-24)15-19-14-18-9-5-6-10-20(18)22-12-8-7-11-21(19)22/h4-12,19H,1,13-17H2,2-3H3. The zero-order chi connectivity index (χ0) is 18.2. The lowest BCUT2D eigenvalue weighted by atomic mass is 9.69. The molecule has 1 aliphatic heterocycles. The van der Waals surface area contributed by atoms with Crippen LogP contribution in [0, 0.1) is 5.41 Å². The molecule has 26 heavy (non-hydrogen) atoms. The van der Waals surface area contributed by atoms with Crippen LogP contribution in [-0.4, -0.2) is 19.0 Å². The SMILES string of the molecule is C=CCC1(CC2Cc3ccccc3-c3ccccc32)COC(C)(C)OC1. The number of hydrogen-bond donors (Lipinski definition) is 0. The van der Waals surface area contributed by atoms with Gasteiger partial charge in [-0.2, -0.15) is 0 Å². The van der Waals surface area contributed by atoms with Crippen LogP contribution in [0.5, 0.6) is 0 Å². The van der Waals surface area contributed by atoms with Crippen molar-refractivity contribution in [3.8, 4) is 11.1 Å². The molecule has 1 fully saturated rings. The minimum absolute atomic E-state index is 0.00132. The molecule has 0 saturated carbocycles. The van der Waals surface area contributed by atoms with E-state index >= 15 is 0 Å². The molecule has 0 radical (unpaired) electrons. The van der Waals surface area contributed by atoms with Gasteiger partial charge in [0.1, 0.15) is 0 Å². The van der Waals surface area contributed by atoms with E-state index in [2.05, 4.69) is 55.1 Å². The fourth-order valence-corrected chi connectivity index (χ4v) is 4.50. The minimum atomic E-state index is -0.484. The molecule has 2 aromatic rings. The van der Waals surface area contributed by atoms with Crippen LogP contribution in [0.4, 0.5) is 0 Å². The Balaban J connectivity index is 1.66. The quantitative estimate of drug-likeness (QED) is 0.657. The first-order valence-corrected chi connectivity index (χ1v) is 9.58. The molecule has 1 aliphatic carbocycles. The molecule has 0 N–H and O–H groups in total. The summed E-state index contributed by atoms with van der Waals surface area (Å²) in [4.78, 5) is 0. The molecule has 0 amide bonds. The van der Waals surface area contributed by atoms with Crippen molar-refractivity contribution in [3.63, 3.8) is 0 Å². The Morgan fingerprint density at radius 2 is 1.65 bits per heavy atom. The van der Waals surface area contributed by atoms with Gasteiger partial charge in [-0.1, -0.05) is 54.6 Å². The van der Waals surface area contributed by atoms with Crippen LogP contribution in [0.2, 0.25) is 0 Å². The largest absolute Gasteiger partial charge is 0.350 e. The summed E-state index contributed by atoms with van der Waals surface area (Å²) in [6.45, 7) is 9.45. The van der Waals surface area contributed by atoms with Crippen molar-refractivity contribution < 1.29 is 9.47 Å². The predicted octanol–water partition coefficient (Wildman–Crippen LogP) is 5.73. The van der Waals surface area contributed by atoms with Gasteiger partial charge in [0.05, 0.1) is 13.2 Å². The Bertz CT molecular complexity index is 795. The molecule has 1 unspecified atom stereocenters. The average Bonchev–Trinajstić information content (AvgIpc) is 2.65. The molecule has 0 spiro atoms. The first-order chi connectivity index (χ1) is 12.5. The molecule has 136 valence electrons. The molecule has 2 heteroatoms. The van der Waals surface area contributed by atoms with Gasteiger partial charge >= 0.3 is 0 Å². The zero-order valence-electron chi connectivity index (χ0n) is 15.8. The van der Waals surface area contributed by atoms with E-state index in [-0.39, 0.29) is 5.41 Å². The molecule has 0 bridgehead atoms. The summed E-state index contributed by atoms with van der Waals surface area (Å²) in [5, 5.41) is 0. The van der Waals surface area contributed by atoms with Gasteiger partial charge in [-0.3, -0.25) is 0 Å². The van der Waals surface area contributed by atoms with Crippen molar-refractivity contribution in [2.24, 2.45) is 5.41 Å². The number of fused-ring (bicyclic) bond motifs is 3. The maximum atomic E-state index is 6.06. The smallest absolute Gasteiger partial charge is 0.162 e. The molecular weight excluding hydrogens is 320 g/mol. The summed E-state index contributed by atoms with van der Waals surface area (Å²) >= 11 is 0. The predicted molar refractivity (Wildman–Crippen MR) is 106 cm³/mol. The highest BCUT2D eigenvalue weighted by Crippen LogP contribution is 2.47. The van der Waals surface area contributed by atoms with E-state index in [0.29, 0.717) is 5.92 Å². The Kier molecular flexibility index (Phi) is 4.50. The second-order valence-corrected chi connectivity index (χ2v) is 8.32. The van der Waals surface area contributed by atoms with Gasteiger partial charge in [0.25, 0.3) is 0 Å². The zero-order valence-corrected chi connectivity index (χ0v) is 15.8. The summed E-state index contributed by atoms with van der Waals surface area (Å²) in [7, 11) is 0. The molecule has 4 rings (SSSR count). The topological polar surface area (TPSA) is 18.5 Å². The maximum Gasteiger partial charge on any atom is 0.162 e. The third-order valence-corrected chi connectivity index (χ3v) is 5.88. The number of benzene rings is 2. The highest BCUT2D eigenvalue weighted by Gasteiger charge is 2.42. The van der Waals surface area contributed by atoms with Crippen LogP contribution in [0.3, 0.4) is 0 Å². The summed E-state index contributed by atoms with van der Waals surface area (Å²) in [5.74, 6) is -0.00340. The molecule has 1 saturated heterocycles. The Labute approximate surface area is 156 Å². The average molecular weight is 348 g/mol. The molecule has 2 nitrogen and oxygen atoms in total. The Morgan fingerprint density at radius 3 is 2.38 bits per heavy atom. The van der Waals surface area contributed by atoms with E-state index in [0.717, 1.165) is 32.5 Å². The van der Waals surface area contributed by atoms with Crippen molar-refractivity contribution in [2.45, 2.75) is 44.8 Å². The monoisotopic (exact) mass is 348 g/mol. The lowest BCUT2D eigenvalue weighted by molar-refractivity contribution is -0.286. The van der Waals surface area contributed by atoms with Gasteiger partial charge in [0, 0.05) is 5.41 Å². The number of allylic oxidation sites excluding steroid dienone is 1. The number of rotatable bonds is 4. The fraction of sp³-hybridized carbons (Fsp3) is 0.417. The van der Waals surface area contributed by atoms with Crippen LogP contribution >= 0.6 is 0 Å². The first kappa shape index (κ1) is 17.5. The molecule has 1 heterocycles. The van der Waals surface area contributed by atoms with E-state index < -0.39 is 5.79 Å². The number of ether oxygens (including phenoxy) is 2.